The van der Waals surface area contributed by atoms with Gasteiger partial charge in [-0.1, -0.05) is 67.8 Å². The third-order valence-electron chi connectivity index (χ3n) is 8.59. The van der Waals surface area contributed by atoms with Gasteiger partial charge in [0.05, 0.1) is 17.7 Å². The van der Waals surface area contributed by atoms with Crippen molar-refractivity contribution in [2.45, 2.75) is 69.5 Å². The Kier molecular flexibility index (Phi) is 11.4. The largest absolute Gasteiger partial charge is 0.497 e. The van der Waals surface area contributed by atoms with E-state index in [1.807, 2.05) is 56.3 Å². The summed E-state index contributed by atoms with van der Waals surface area (Å²) in [6.45, 7) is 3.33. The molecule has 5 rings (SSSR count). The first-order valence-electron chi connectivity index (χ1n) is 16.3. The quantitative estimate of drug-likeness (QED) is 0.157. The van der Waals surface area contributed by atoms with E-state index in [1.54, 1.807) is 55.6 Å². The van der Waals surface area contributed by atoms with Crippen molar-refractivity contribution < 1.29 is 27.5 Å². The molecule has 1 atom stereocenters. The molecule has 1 saturated carbocycles. The average Bonchev–Trinajstić information content (AvgIpc) is 3.61. The van der Waals surface area contributed by atoms with Crippen LogP contribution < -0.4 is 19.1 Å². The smallest absolute Gasteiger partial charge is 0.264 e. The van der Waals surface area contributed by atoms with Crippen LogP contribution in [0.25, 0.3) is 0 Å². The number of carbonyl (C=O) groups is 2. The summed E-state index contributed by atoms with van der Waals surface area (Å²) in [6, 6.07) is 28.9. The van der Waals surface area contributed by atoms with E-state index >= 15 is 0 Å². The topological polar surface area (TPSA) is 105 Å². The van der Waals surface area contributed by atoms with Crippen molar-refractivity contribution in [1.82, 2.24) is 10.2 Å². The van der Waals surface area contributed by atoms with Crippen molar-refractivity contribution in [3.05, 3.63) is 114 Å². The molecule has 1 aliphatic carbocycles. The monoisotopic (exact) mass is 669 g/mol. The summed E-state index contributed by atoms with van der Waals surface area (Å²) < 4.78 is 40.8. The van der Waals surface area contributed by atoms with Gasteiger partial charge in [0, 0.05) is 12.6 Å². The summed E-state index contributed by atoms with van der Waals surface area (Å²) in [5.74, 6) is 1.08. The predicted molar refractivity (Wildman–Crippen MR) is 187 cm³/mol. The summed E-state index contributed by atoms with van der Waals surface area (Å²) in [6.07, 6.45) is 4.27. The maximum atomic E-state index is 14.4. The number of anilines is 1. The van der Waals surface area contributed by atoms with Crippen LogP contribution in [0.2, 0.25) is 0 Å². The van der Waals surface area contributed by atoms with Gasteiger partial charge >= 0.3 is 0 Å². The number of ether oxygens (including phenoxy) is 2. The van der Waals surface area contributed by atoms with Crippen molar-refractivity contribution >= 4 is 27.5 Å². The van der Waals surface area contributed by atoms with E-state index in [1.165, 1.54) is 17.0 Å². The Morgan fingerprint density at radius 2 is 1.44 bits per heavy atom. The third-order valence-corrected chi connectivity index (χ3v) is 10.4. The number of rotatable bonds is 14. The van der Waals surface area contributed by atoms with Crippen molar-refractivity contribution in [3.8, 4) is 17.2 Å². The Labute approximate surface area is 283 Å². The van der Waals surface area contributed by atoms with Gasteiger partial charge in [0.25, 0.3) is 10.0 Å². The summed E-state index contributed by atoms with van der Waals surface area (Å²) in [5, 5.41) is 3.14. The second-order valence-corrected chi connectivity index (χ2v) is 13.9. The molecule has 0 spiro atoms. The minimum atomic E-state index is -4.20. The lowest BCUT2D eigenvalue weighted by molar-refractivity contribution is -0.140. The van der Waals surface area contributed by atoms with Crippen LogP contribution in [-0.4, -0.2) is 50.9 Å². The van der Waals surface area contributed by atoms with E-state index in [9.17, 15) is 18.0 Å². The van der Waals surface area contributed by atoms with Crippen LogP contribution in [0.5, 0.6) is 17.2 Å². The molecular formula is C38H43N3O6S. The molecular weight excluding hydrogens is 627 g/mol. The number of carbonyl (C=O) groups excluding carboxylic acids is 2. The third kappa shape index (κ3) is 8.55. The fraction of sp³-hybridized carbons (Fsp3) is 0.316. The molecule has 1 aliphatic rings. The fourth-order valence-electron chi connectivity index (χ4n) is 5.89. The molecule has 0 radical (unpaired) electrons. The zero-order chi connectivity index (χ0) is 34.1. The molecule has 4 aromatic rings. The summed E-state index contributed by atoms with van der Waals surface area (Å²) in [5.41, 5.74) is 1.98. The molecule has 1 N–H and O–H groups in total. The Bertz CT molecular complexity index is 1760. The van der Waals surface area contributed by atoms with Gasteiger partial charge in [0.15, 0.2) is 0 Å². The van der Waals surface area contributed by atoms with Crippen LogP contribution in [0.4, 0.5) is 5.69 Å². The Hall–Kier alpha value is -4.83. The molecule has 4 aromatic carbocycles. The number of methoxy groups -OCH3 is 1. The lowest BCUT2D eigenvalue weighted by Gasteiger charge is -2.34. The van der Waals surface area contributed by atoms with Crippen LogP contribution in [0.3, 0.4) is 0 Å². The highest BCUT2D eigenvalue weighted by Crippen LogP contribution is 2.29. The van der Waals surface area contributed by atoms with Gasteiger partial charge in [-0.25, -0.2) is 8.42 Å². The van der Waals surface area contributed by atoms with Gasteiger partial charge in [-0.3, -0.25) is 13.9 Å². The molecule has 0 bridgehead atoms. The zero-order valence-corrected chi connectivity index (χ0v) is 28.5. The van der Waals surface area contributed by atoms with Crippen molar-refractivity contribution in [3.63, 3.8) is 0 Å². The van der Waals surface area contributed by atoms with E-state index in [2.05, 4.69) is 5.32 Å². The van der Waals surface area contributed by atoms with Gasteiger partial charge in [-0.05, 0) is 92.4 Å². The standard InChI is InChI=1S/C38H43N3O6S/c1-4-36(38(43)39-30-10-8-9-11-30)40(26-29-16-20-32(46-3)21-17-29)37(42)27-41(48(44,45)35-24-14-28(2)15-25-35)31-18-22-34(23-19-31)47-33-12-6-5-7-13-33/h5-7,12-25,30,36H,4,8-11,26-27H2,1-3H3,(H,39,43). The number of nitrogens with one attached hydrogen (secondary N) is 1. The molecule has 9 nitrogen and oxygen atoms in total. The maximum Gasteiger partial charge on any atom is 0.264 e. The number of hydrogen-bond acceptors (Lipinski definition) is 6. The number of amides is 2. The summed E-state index contributed by atoms with van der Waals surface area (Å²) >= 11 is 0. The first kappa shape index (κ1) is 34.5. The lowest BCUT2D eigenvalue weighted by atomic mass is 10.1. The molecule has 1 unspecified atom stereocenters. The van der Waals surface area contributed by atoms with Gasteiger partial charge in [0.1, 0.15) is 29.8 Å². The maximum absolute atomic E-state index is 14.4. The number of para-hydroxylation sites is 1. The van der Waals surface area contributed by atoms with E-state index in [0.717, 1.165) is 41.1 Å². The lowest BCUT2D eigenvalue weighted by Crippen LogP contribution is -2.53. The number of sulfonamides is 1. The predicted octanol–water partition coefficient (Wildman–Crippen LogP) is 6.86. The molecule has 252 valence electrons. The van der Waals surface area contributed by atoms with Gasteiger partial charge in [-0.2, -0.15) is 0 Å². The number of hydrogen-bond donors (Lipinski definition) is 1. The molecule has 0 aliphatic heterocycles. The van der Waals surface area contributed by atoms with Crippen LogP contribution >= 0.6 is 0 Å². The minimum absolute atomic E-state index is 0.0539. The second kappa shape index (κ2) is 15.8. The van der Waals surface area contributed by atoms with Gasteiger partial charge < -0.3 is 19.7 Å². The molecule has 0 saturated heterocycles. The van der Waals surface area contributed by atoms with E-state index in [0.29, 0.717) is 23.7 Å². The molecule has 2 amide bonds. The second-order valence-electron chi connectivity index (χ2n) is 12.0. The van der Waals surface area contributed by atoms with Crippen LogP contribution in [0, 0.1) is 6.92 Å². The van der Waals surface area contributed by atoms with Gasteiger partial charge in [-0.15, -0.1) is 0 Å². The molecule has 0 heterocycles. The summed E-state index contributed by atoms with van der Waals surface area (Å²) in [7, 11) is -2.62. The van der Waals surface area contributed by atoms with Crippen LogP contribution in [-0.2, 0) is 26.2 Å². The Morgan fingerprint density at radius 3 is 2.04 bits per heavy atom. The van der Waals surface area contributed by atoms with Crippen molar-refractivity contribution in [2.75, 3.05) is 18.0 Å². The number of benzene rings is 4. The molecule has 0 aromatic heterocycles. The Balaban J connectivity index is 1.49. The average molecular weight is 670 g/mol. The van der Waals surface area contributed by atoms with Crippen LogP contribution in [0.15, 0.2) is 108 Å². The zero-order valence-electron chi connectivity index (χ0n) is 27.7. The summed E-state index contributed by atoms with van der Waals surface area (Å²) in [4.78, 5) is 29.7. The fourth-order valence-corrected chi connectivity index (χ4v) is 7.30. The normalized spacial score (nSPS) is 13.8. The van der Waals surface area contributed by atoms with E-state index in [4.69, 9.17) is 9.47 Å². The Morgan fingerprint density at radius 1 is 0.833 bits per heavy atom. The highest BCUT2D eigenvalue weighted by Gasteiger charge is 2.34. The van der Waals surface area contributed by atoms with Gasteiger partial charge in [0.2, 0.25) is 11.8 Å². The van der Waals surface area contributed by atoms with Crippen molar-refractivity contribution in [2.24, 2.45) is 0 Å². The van der Waals surface area contributed by atoms with Crippen molar-refractivity contribution in [1.29, 1.82) is 0 Å². The molecule has 10 heteroatoms. The first-order chi connectivity index (χ1) is 23.2. The highest BCUT2D eigenvalue weighted by atomic mass is 32.2. The van der Waals surface area contributed by atoms with E-state index < -0.39 is 28.5 Å². The first-order valence-corrected chi connectivity index (χ1v) is 17.8. The SMILES string of the molecule is CCC(C(=O)NC1CCCC1)N(Cc1ccc(OC)cc1)C(=O)CN(c1ccc(Oc2ccccc2)cc1)S(=O)(=O)c1ccc(C)cc1. The number of nitrogens with zero attached hydrogens (tertiary/aromatic N) is 2. The minimum Gasteiger partial charge on any atom is -0.497 e. The molecule has 1 fully saturated rings. The molecule has 48 heavy (non-hydrogen) atoms. The highest BCUT2D eigenvalue weighted by molar-refractivity contribution is 7.92. The van der Waals surface area contributed by atoms with Crippen LogP contribution in [0.1, 0.15) is 50.2 Å². The van der Waals surface area contributed by atoms with E-state index in [-0.39, 0.29) is 29.1 Å². The number of aryl methyl sites for hydroxylation is 1.